The van der Waals surface area contributed by atoms with Crippen molar-refractivity contribution >= 4 is 21.5 Å². The van der Waals surface area contributed by atoms with Crippen molar-refractivity contribution in [1.82, 2.24) is 14.5 Å². The first-order chi connectivity index (χ1) is 15.0. The van der Waals surface area contributed by atoms with Crippen LogP contribution in [0.15, 0.2) is 59.5 Å². The van der Waals surface area contributed by atoms with E-state index in [0.717, 1.165) is 30.5 Å². The van der Waals surface area contributed by atoms with E-state index in [2.05, 4.69) is 21.6 Å². The minimum absolute atomic E-state index is 0.327. The first-order valence-corrected chi connectivity index (χ1v) is 11.6. The summed E-state index contributed by atoms with van der Waals surface area (Å²) in [6.07, 6.45) is 2.87. The standard InChI is InChI=1S/C23H23N5O2S/c1-17-5-8-19(15-22(17)31(29,30)28-13-3-2-4-14-28)21-11-12-23(27-26-21)25-20-9-6-18(16-24)7-10-20/h5-12,15H,2-4,13-14H2,1H3,(H,25,27). The molecule has 0 unspecified atom stereocenters. The molecule has 1 aliphatic rings. The number of nitrogens with zero attached hydrogens (tertiary/aromatic N) is 4. The molecule has 1 N–H and O–H groups in total. The Balaban J connectivity index is 1.57. The number of piperidine rings is 1. The van der Waals surface area contributed by atoms with Gasteiger partial charge in [0.1, 0.15) is 0 Å². The number of anilines is 2. The number of aryl methyl sites for hydroxylation is 1. The number of benzene rings is 2. The van der Waals surface area contributed by atoms with Gasteiger partial charge in [-0.15, -0.1) is 10.2 Å². The molecule has 0 saturated carbocycles. The van der Waals surface area contributed by atoms with Crippen molar-refractivity contribution in [1.29, 1.82) is 5.26 Å². The summed E-state index contributed by atoms with van der Waals surface area (Å²) in [6, 6.07) is 18.1. The van der Waals surface area contributed by atoms with Gasteiger partial charge in [-0.05, 0) is 67.8 Å². The number of rotatable bonds is 5. The van der Waals surface area contributed by atoms with Gasteiger partial charge < -0.3 is 5.32 Å². The molecule has 31 heavy (non-hydrogen) atoms. The molecule has 1 aromatic heterocycles. The topological polar surface area (TPSA) is 99.0 Å². The Morgan fingerprint density at radius 1 is 0.968 bits per heavy atom. The number of sulfonamides is 1. The maximum absolute atomic E-state index is 13.2. The lowest BCUT2D eigenvalue weighted by atomic mass is 10.1. The van der Waals surface area contributed by atoms with Crippen LogP contribution < -0.4 is 5.32 Å². The predicted octanol–water partition coefficient (Wildman–Crippen LogP) is 4.24. The quantitative estimate of drug-likeness (QED) is 0.646. The molecule has 3 aromatic rings. The van der Waals surface area contributed by atoms with E-state index in [-0.39, 0.29) is 0 Å². The van der Waals surface area contributed by atoms with Crippen LogP contribution in [0.5, 0.6) is 0 Å². The molecular formula is C23H23N5O2S. The third kappa shape index (κ3) is 4.58. The normalized spacial score (nSPS) is 14.7. The zero-order valence-electron chi connectivity index (χ0n) is 17.2. The molecule has 1 aliphatic heterocycles. The molecule has 1 saturated heterocycles. The number of hydrogen-bond acceptors (Lipinski definition) is 6. The van der Waals surface area contributed by atoms with Crippen LogP contribution in [0.25, 0.3) is 11.3 Å². The predicted molar refractivity (Wildman–Crippen MR) is 119 cm³/mol. The second-order valence-electron chi connectivity index (χ2n) is 7.56. The van der Waals surface area contributed by atoms with Gasteiger partial charge >= 0.3 is 0 Å². The van der Waals surface area contributed by atoms with E-state index in [1.54, 1.807) is 46.8 Å². The molecule has 1 fully saturated rings. The van der Waals surface area contributed by atoms with Crippen molar-refractivity contribution in [2.75, 3.05) is 18.4 Å². The minimum atomic E-state index is -3.53. The second-order valence-corrected chi connectivity index (χ2v) is 9.47. The lowest BCUT2D eigenvalue weighted by Gasteiger charge is -2.26. The van der Waals surface area contributed by atoms with E-state index in [9.17, 15) is 8.42 Å². The van der Waals surface area contributed by atoms with Crippen molar-refractivity contribution in [2.24, 2.45) is 0 Å². The highest BCUT2D eigenvalue weighted by Gasteiger charge is 2.27. The Kier molecular flexibility index (Phi) is 5.98. The van der Waals surface area contributed by atoms with Gasteiger partial charge in [-0.2, -0.15) is 9.57 Å². The molecule has 0 amide bonds. The van der Waals surface area contributed by atoms with Crippen molar-refractivity contribution in [3.05, 3.63) is 65.7 Å². The van der Waals surface area contributed by atoms with E-state index in [4.69, 9.17) is 5.26 Å². The van der Waals surface area contributed by atoms with Crippen LogP contribution in [0.3, 0.4) is 0 Å². The molecular weight excluding hydrogens is 410 g/mol. The van der Waals surface area contributed by atoms with E-state index in [1.807, 2.05) is 19.1 Å². The molecule has 8 heteroatoms. The van der Waals surface area contributed by atoms with E-state index >= 15 is 0 Å². The Bertz CT molecular complexity index is 1210. The summed E-state index contributed by atoms with van der Waals surface area (Å²) in [4.78, 5) is 0.327. The smallest absolute Gasteiger partial charge is 0.243 e. The van der Waals surface area contributed by atoms with Crippen molar-refractivity contribution in [3.63, 3.8) is 0 Å². The number of hydrogen-bond donors (Lipinski definition) is 1. The Labute approximate surface area is 182 Å². The molecule has 0 spiro atoms. The molecule has 0 aliphatic carbocycles. The summed E-state index contributed by atoms with van der Waals surface area (Å²) in [5.74, 6) is 0.557. The average molecular weight is 434 g/mol. The lowest BCUT2D eigenvalue weighted by Crippen LogP contribution is -2.35. The van der Waals surface area contributed by atoms with Crippen LogP contribution in [-0.2, 0) is 10.0 Å². The van der Waals surface area contributed by atoms with Crippen LogP contribution in [0.4, 0.5) is 11.5 Å². The molecule has 0 bridgehead atoms. The van der Waals surface area contributed by atoms with Crippen LogP contribution in [0.1, 0.15) is 30.4 Å². The van der Waals surface area contributed by atoms with Gasteiger partial charge in [-0.1, -0.05) is 18.6 Å². The summed E-state index contributed by atoms with van der Waals surface area (Å²) in [5.41, 5.74) is 3.41. The van der Waals surface area contributed by atoms with Crippen LogP contribution in [0, 0.1) is 18.3 Å². The Morgan fingerprint density at radius 3 is 2.35 bits per heavy atom. The monoisotopic (exact) mass is 433 g/mol. The zero-order valence-corrected chi connectivity index (χ0v) is 18.1. The van der Waals surface area contributed by atoms with Crippen LogP contribution in [0.2, 0.25) is 0 Å². The summed E-state index contributed by atoms with van der Waals surface area (Å²) >= 11 is 0. The molecule has 0 radical (unpaired) electrons. The highest BCUT2D eigenvalue weighted by atomic mass is 32.2. The Morgan fingerprint density at radius 2 is 1.71 bits per heavy atom. The minimum Gasteiger partial charge on any atom is -0.339 e. The number of nitriles is 1. The lowest BCUT2D eigenvalue weighted by molar-refractivity contribution is 0.346. The largest absolute Gasteiger partial charge is 0.339 e. The van der Waals surface area contributed by atoms with Crippen LogP contribution >= 0.6 is 0 Å². The third-order valence-electron chi connectivity index (χ3n) is 5.37. The molecule has 158 valence electrons. The van der Waals surface area contributed by atoms with Gasteiger partial charge in [-0.3, -0.25) is 0 Å². The fraction of sp³-hybridized carbons (Fsp3) is 0.261. The van der Waals surface area contributed by atoms with Crippen molar-refractivity contribution < 1.29 is 8.42 Å². The molecule has 7 nitrogen and oxygen atoms in total. The van der Waals surface area contributed by atoms with E-state index < -0.39 is 10.0 Å². The number of nitrogens with one attached hydrogen (secondary N) is 1. The second kappa shape index (κ2) is 8.84. The van der Waals surface area contributed by atoms with Gasteiger partial charge in [0.05, 0.1) is 22.2 Å². The SMILES string of the molecule is Cc1ccc(-c2ccc(Nc3ccc(C#N)cc3)nn2)cc1S(=O)(=O)N1CCCCC1. The molecule has 2 aromatic carbocycles. The van der Waals surface area contributed by atoms with Gasteiger partial charge in [0.25, 0.3) is 0 Å². The Hall–Kier alpha value is -3.28. The zero-order chi connectivity index (χ0) is 21.8. The van der Waals surface area contributed by atoms with Crippen LogP contribution in [-0.4, -0.2) is 36.0 Å². The summed E-state index contributed by atoms with van der Waals surface area (Å²) in [5, 5.41) is 20.5. The summed E-state index contributed by atoms with van der Waals surface area (Å²) in [7, 11) is -3.53. The van der Waals surface area contributed by atoms with Crippen molar-refractivity contribution in [2.45, 2.75) is 31.1 Å². The first-order valence-electron chi connectivity index (χ1n) is 10.2. The fourth-order valence-corrected chi connectivity index (χ4v) is 5.38. The number of aromatic nitrogens is 2. The highest BCUT2D eigenvalue weighted by Crippen LogP contribution is 2.28. The first kappa shape index (κ1) is 21.0. The third-order valence-corrected chi connectivity index (χ3v) is 7.41. The van der Waals surface area contributed by atoms with Gasteiger partial charge in [0, 0.05) is 24.3 Å². The average Bonchev–Trinajstić information content (AvgIpc) is 2.81. The molecule has 0 atom stereocenters. The maximum atomic E-state index is 13.2. The van der Waals surface area contributed by atoms with Gasteiger partial charge in [0.2, 0.25) is 10.0 Å². The maximum Gasteiger partial charge on any atom is 0.243 e. The summed E-state index contributed by atoms with van der Waals surface area (Å²) in [6.45, 7) is 2.96. The highest BCUT2D eigenvalue weighted by molar-refractivity contribution is 7.89. The van der Waals surface area contributed by atoms with E-state index in [1.165, 1.54) is 0 Å². The van der Waals surface area contributed by atoms with Crippen molar-refractivity contribution in [3.8, 4) is 17.3 Å². The summed E-state index contributed by atoms with van der Waals surface area (Å²) < 4.78 is 27.9. The van der Waals surface area contributed by atoms with Gasteiger partial charge in [0.15, 0.2) is 5.82 Å². The fourth-order valence-electron chi connectivity index (χ4n) is 3.61. The molecule has 2 heterocycles. The molecule has 4 rings (SSSR count). The van der Waals surface area contributed by atoms with E-state index in [0.29, 0.717) is 40.6 Å². The van der Waals surface area contributed by atoms with Gasteiger partial charge in [-0.25, -0.2) is 8.42 Å².